The molecular weight excluding hydrogens is 412 g/mol. The summed E-state index contributed by atoms with van der Waals surface area (Å²) in [6.07, 6.45) is 0.0967. The van der Waals surface area contributed by atoms with Crippen LogP contribution in [0.1, 0.15) is 22.3 Å². The van der Waals surface area contributed by atoms with Crippen LogP contribution in [-0.2, 0) is 35.8 Å². The van der Waals surface area contributed by atoms with Crippen molar-refractivity contribution in [1.82, 2.24) is 0 Å². The number of carbonyl (C=O) groups excluding carboxylic acids is 1. The Kier molecular flexibility index (Phi) is 7.74. The van der Waals surface area contributed by atoms with Crippen LogP contribution >= 0.6 is 0 Å². The maximum atomic E-state index is 12.6. The molecular formula is C29H26O4. The molecule has 0 radical (unpaired) electrons. The molecule has 0 fully saturated rings. The van der Waals surface area contributed by atoms with Crippen LogP contribution in [0.15, 0.2) is 109 Å². The smallest absolute Gasteiger partial charge is 0.310 e. The largest absolute Gasteiger partial charge is 0.489 e. The van der Waals surface area contributed by atoms with Crippen molar-refractivity contribution in [1.29, 1.82) is 0 Å². The molecule has 4 rings (SSSR count). The molecule has 4 heteroatoms. The van der Waals surface area contributed by atoms with Gasteiger partial charge in [-0.3, -0.25) is 4.79 Å². The van der Waals surface area contributed by atoms with E-state index in [1.54, 1.807) is 0 Å². The Hall–Kier alpha value is -4.05. The second-order valence-corrected chi connectivity index (χ2v) is 7.64. The normalized spacial score (nSPS) is 10.4. The summed E-state index contributed by atoms with van der Waals surface area (Å²) in [6, 6.07) is 35.1. The molecule has 0 aliphatic rings. The van der Waals surface area contributed by atoms with E-state index in [9.17, 15) is 4.79 Å². The first-order valence-corrected chi connectivity index (χ1v) is 10.9. The van der Waals surface area contributed by atoms with Crippen molar-refractivity contribution >= 4 is 5.97 Å². The topological polar surface area (TPSA) is 44.8 Å². The van der Waals surface area contributed by atoms with Gasteiger partial charge in [0, 0.05) is 5.56 Å². The fourth-order valence-electron chi connectivity index (χ4n) is 3.35. The predicted molar refractivity (Wildman–Crippen MR) is 128 cm³/mol. The van der Waals surface area contributed by atoms with Gasteiger partial charge in [-0.25, -0.2) is 0 Å². The molecule has 33 heavy (non-hydrogen) atoms. The molecule has 4 aromatic carbocycles. The van der Waals surface area contributed by atoms with Crippen molar-refractivity contribution in [3.63, 3.8) is 0 Å². The number of carbonyl (C=O) groups is 1. The fraction of sp³-hybridized carbons (Fsp3) is 0.138. The molecule has 0 heterocycles. The zero-order valence-corrected chi connectivity index (χ0v) is 18.4. The van der Waals surface area contributed by atoms with Gasteiger partial charge in [-0.05, 0) is 34.9 Å². The minimum Gasteiger partial charge on any atom is -0.489 e. The highest BCUT2D eigenvalue weighted by atomic mass is 16.5. The first-order chi connectivity index (χ1) is 16.3. The van der Waals surface area contributed by atoms with Crippen molar-refractivity contribution in [3.05, 3.63) is 131 Å². The van der Waals surface area contributed by atoms with E-state index in [1.165, 1.54) is 0 Å². The van der Waals surface area contributed by atoms with Crippen LogP contribution in [-0.4, -0.2) is 5.97 Å². The molecule has 4 nitrogen and oxygen atoms in total. The van der Waals surface area contributed by atoms with E-state index in [-0.39, 0.29) is 19.0 Å². The standard InChI is InChI=1S/C29H26O4/c30-29(33-22-25-14-8-3-9-15-25)19-26-18-27(31-20-23-10-4-1-5-11-23)16-17-28(26)32-21-24-12-6-2-7-13-24/h1-18H,19-22H2. The Morgan fingerprint density at radius 2 is 1.09 bits per heavy atom. The highest BCUT2D eigenvalue weighted by Gasteiger charge is 2.13. The van der Waals surface area contributed by atoms with Crippen molar-refractivity contribution < 1.29 is 19.0 Å². The van der Waals surface area contributed by atoms with Crippen LogP contribution in [0.25, 0.3) is 0 Å². The molecule has 0 aliphatic carbocycles. The molecule has 0 aliphatic heterocycles. The van der Waals surface area contributed by atoms with Crippen molar-refractivity contribution in [2.75, 3.05) is 0 Å². The molecule has 0 saturated carbocycles. The van der Waals surface area contributed by atoms with Crippen LogP contribution in [0.3, 0.4) is 0 Å². The first-order valence-electron chi connectivity index (χ1n) is 10.9. The highest BCUT2D eigenvalue weighted by Crippen LogP contribution is 2.27. The summed E-state index contributed by atoms with van der Waals surface area (Å²) in [6.45, 7) is 1.10. The Morgan fingerprint density at radius 3 is 1.67 bits per heavy atom. The van der Waals surface area contributed by atoms with E-state index in [4.69, 9.17) is 14.2 Å². The zero-order chi connectivity index (χ0) is 22.7. The summed E-state index contributed by atoms with van der Waals surface area (Å²) in [5.74, 6) is 1.00. The van der Waals surface area contributed by atoms with Crippen LogP contribution < -0.4 is 9.47 Å². The van der Waals surface area contributed by atoms with Crippen molar-refractivity contribution in [2.45, 2.75) is 26.2 Å². The summed E-state index contributed by atoms with van der Waals surface area (Å²) in [5.41, 5.74) is 3.81. The molecule has 0 aromatic heterocycles. The van der Waals surface area contributed by atoms with E-state index in [0.717, 1.165) is 22.3 Å². The number of rotatable bonds is 10. The lowest BCUT2D eigenvalue weighted by Gasteiger charge is -2.14. The summed E-state index contributed by atoms with van der Waals surface area (Å²) < 4.78 is 17.5. The quantitative estimate of drug-likeness (QED) is 0.279. The van der Waals surface area contributed by atoms with Gasteiger partial charge in [0.25, 0.3) is 0 Å². The van der Waals surface area contributed by atoms with Gasteiger partial charge in [0.05, 0.1) is 6.42 Å². The van der Waals surface area contributed by atoms with Gasteiger partial charge in [-0.2, -0.15) is 0 Å². The lowest BCUT2D eigenvalue weighted by Crippen LogP contribution is -2.10. The molecule has 0 atom stereocenters. The molecule has 0 saturated heterocycles. The molecule has 166 valence electrons. The first kappa shape index (κ1) is 22.2. The van der Waals surface area contributed by atoms with E-state index in [0.29, 0.717) is 24.7 Å². The third-order valence-electron chi connectivity index (χ3n) is 5.09. The van der Waals surface area contributed by atoms with E-state index < -0.39 is 0 Å². The maximum absolute atomic E-state index is 12.6. The van der Waals surface area contributed by atoms with Gasteiger partial charge in [-0.1, -0.05) is 91.0 Å². The van der Waals surface area contributed by atoms with Crippen LogP contribution in [0.4, 0.5) is 0 Å². The van der Waals surface area contributed by atoms with Gasteiger partial charge in [0.15, 0.2) is 0 Å². The minimum absolute atomic E-state index is 0.0967. The summed E-state index contributed by atoms with van der Waals surface area (Å²) in [5, 5.41) is 0. The maximum Gasteiger partial charge on any atom is 0.310 e. The summed E-state index contributed by atoms with van der Waals surface area (Å²) in [4.78, 5) is 12.6. The van der Waals surface area contributed by atoms with Gasteiger partial charge in [-0.15, -0.1) is 0 Å². The third kappa shape index (κ3) is 6.97. The molecule has 4 aromatic rings. The lowest BCUT2D eigenvalue weighted by molar-refractivity contribution is -0.144. The Balaban J connectivity index is 1.45. The summed E-state index contributed by atoms with van der Waals surface area (Å²) in [7, 11) is 0. The molecule has 0 N–H and O–H groups in total. The molecule has 0 spiro atoms. The Labute approximate surface area is 194 Å². The average Bonchev–Trinajstić information content (AvgIpc) is 2.87. The predicted octanol–water partition coefficient (Wildman–Crippen LogP) is 6.13. The van der Waals surface area contributed by atoms with E-state index >= 15 is 0 Å². The number of esters is 1. The van der Waals surface area contributed by atoms with Gasteiger partial charge >= 0.3 is 5.97 Å². The second-order valence-electron chi connectivity index (χ2n) is 7.64. The van der Waals surface area contributed by atoms with Crippen LogP contribution in [0, 0.1) is 0 Å². The number of hydrogen-bond donors (Lipinski definition) is 0. The monoisotopic (exact) mass is 438 g/mol. The Morgan fingerprint density at radius 1 is 0.576 bits per heavy atom. The second kappa shape index (κ2) is 11.5. The Bertz CT molecular complexity index is 1140. The number of ether oxygens (including phenoxy) is 3. The van der Waals surface area contributed by atoms with Crippen LogP contribution in [0.5, 0.6) is 11.5 Å². The number of benzene rings is 4. The third-order valence-corrected chi connectivity index (χ3v) is 5.09. The van der Waals surface area contributed by atoms with Crippen molar-refractivity contribution in [2.24, 2.45) is 0 Å². The van der Waals surface area contributed by atoms with Gasteiger partial charge < -0.3 is 14.2 Å². The van der Waals surface area contributed by atoms with Crippen molar-refractivity contribution in [3.8, 4) is 11.5 Å². The average molecular weight is 439 g/mol. The zero-order valence-electron chi connectivity index (χ0n) is 18.4. The van der Waals surface area contributed by atoms with Gasteiger partial charge in [0.2, 0.25) is 0 Å². The minimum atomic E-state index is -0.316. The SMILES string of the molecule is O=C(Cc1cc(OCc2ccccc2)ccc1OCc1ccccc1)OCc1ccccc1. The lowest BCUT2D eigenvalue weighted by atomic mass is 10.1. The molecule has 0 amide bonds. The number of hydrogen-bond acceptors (Lipinski definition) is 4. The van der Waals surface area contributed by atoms with E-state index in [2.05, 4.69) is 0 Å². The fourth-order valence-corrected chi connectivity index (χ4v) is 3.35. The summed E-state index contributed by atoms with van der Waals surface area (Å²) >= 11 is 0. The molecule has 0 unspecified atom stereocenters. The highest BCUT2D eigenvalue weighted by molar-refractivity contribution is 5.74. The molecule has 0 bridgehead atoms. The van der Waals surface area contributed by atoms with Crippen LogP contribution in [0.2, 0.25) is 0 Å². The van der Waals surface area contributed by atoms with E-state index in [1.807, 2.05) is 109 Å². The van der Waals surface area contributed by atoms with Gasteiger partial charge in [0.1, 0.15) is 31.3 Å².